The average molecular weight is 436 g/mol. The predicted molar refractivity (Wildman–Crippen MR) is 112 cm³/mol. The van der Waals surface area contributed by atoms with Crippen LogP contribution in [0.4, 0.5) is 0 Å². The van der Waals surface area contributed by atoms with Gasteiger partial charge in [0.05, 0.1) is 4.90 Å². The van der Waals surface area contributed by atoms with E-state index in [4.69, 9.17) is 4.74 Å². The molecule has 1 heterocycles. The van der Waals surface area contributed by atoms with Crippen molar-refractivity contribution in [1.82, 2.24) is 10.0 Å². The second-order valence-corrected chi connectivity index (χ2v) is 9.69. The number of nitrogens with one attached hydrogen (secondary N) is 2. The molecule has 164 valence electrons. The Morgan fingerprint density at radius 1 is 1.23 bits per heavy atom. The molecule has 3 atom stereocenters. The van der Waals surface area contributed by atoms with Crippen molar-refractivity contribution in [3.8, 4) is 0 Å². The van der Waals surface area contributed by atoms with Crippen LogP contribution in [-0.2, 0) is 24.3 Å². The molecule has 8 nitrogen and oxygen atoms in total. The van der Waals surface area contributed by atoms with Crippen LogP contribution in [0.5, 0.6) is 0 Å². The van der Waals surface area contributed by atoms with E-state index in [9.17, 15) is 18.0 Å². The first kappa shape index (κ1) is 22.3. The highest BCUT2D eigenvalue weighted by Gasteiger charge is 2.30. The van der Waals surface area contributed by atoms with Gasteiger partial charge >= 0.3 is 5.97 Å². The van der Waals surface area contributed by atoms with Crippen molar-refractivity contribution in [1.29, 1.82) is 0 Å². The molecule has 0 radical (unpaired) electrons. The van der Waals surface area contributed by atoms with E-state index in [0.717, 1.165) is 12.8 Å². The first-order valence-corrected chi connectivity index (χ1v) is 11.9. The van der Waals surface area contributed by atoms with E-state index in [-0.39, 0.29) is 42.3 Å². The molecular formula is C21H29N3O5S. The summed E-state index contributed by atoms with van der Waals surface area (Å²) in [6.07, 6.45) is 3.73. The van der Waals surface area contributed by atoms with Gasteiger partial charge in [-0.05, 0) is 36.8 Å². The summed E-state index contributed by atoms with van der Waals surface area (Å²) in [7, 11) is -3.56. The molecule has 1 aromatic carbocycles. The number of carbonyl (C=O) groups is 2. The van der Waals surface area contributed by atoms with Gasteiger partial charge in [-0.2, -0.15) is 0 Å². The molecule has 0 saturated heterocycles. The number of sulfonamides is 1. The standard InChI is InChI=1S/C21H29N3O5S/c1-14-7-5-9-17(15(14)2)23-19(25)13-29-20(26)11-6-12-22-21-16-8-3-4-10-18(16)30(27,28)24-21/h3-4,8,10,14-15,17H,5-7,9,11-13H2,1-2H3,(H,22,24)(H,23,25). The Morgan fingerprint density at radius 3 is 2.80 bits per heavy atom. The Kier molecular flexibility index (Phi) is 7.12. The molecule has 1 fully saturated rings. The van der Waals surface area contributed by atoms with Gasteiger partial charge in [-0.1, -0.05) is 38.8 Å². The minimum atomic E-state index is -3.56. The fourth-order valence-corrected chi connectivity index (χ4v) is 5.17. The molecule has 0 bridgehead atoms. The summed E-state index contributed by atoms with van der Waals surface area (Å²) in [6.45, 7) is 4.33. The number of amides is 1. The van der Waals surface area contributed by atoms with Crippen LogP contribution in [0.1, 0.15) is 51.5 Å². The first-order valence-electron chi connectivity index (χ1n) is 10.4. The summed E-state index contributed by atoms with van der Waals surface area (Å²) in [4.78, 5) is 28.4. The highest BCUT2D eigenvalue weighted by molar-refractivity contribution is 7.90. The molecule has 2 aliphatic rings. The van der Waals surface area contributed by atoms with Gasteiger partial charge < -0.3 is 10.1 Å². The SMILES string of the molecule is CC1CCCC(NC(=O)COC(=O)CCCN=C2NS(=O)(=O)c3ccccc32)C1C. The molecule has 1 aliphatic heterocycles. The molecule has 3 rings (SSSR count). The van der Waals surface area contributed by atoms with Gasteiger partial charge in [0.2, 0.25) is 0 Å². The summed E-state index contributed by atoms with van der Waals surface area (Å²) in [5.41, 5.74) is 0.531. The highest BCUT2D eigenvalue weighted by Crippen LogP contribution is 2.29. The summed E-state index contributed by atoms with van der Waals surface area (Å²) >= 11 is 0. The minimum absolute atomic E-state index is 0.106. The number of nitrogens with zero attached hydrogens (tertiary/aromatic N) is 1. The number of rotatable bonds is 7. The molecule has 2 N–H and O–H groups in total. The van der Waals surface area contributed by atoms with Crippen LogP contribution < -0.4 is 10.0 Å². The number of esters is 1. The van der Waals surface area contributed by atoms with Gasteiger partial charge in [-0.3, -0.25) is 19.3 Å². The van der Waals surface area contributed by atoms with E-state index in [2.05, 4.69) is 28.9 Å². The lowest BCUT2D eigenvalue weighted by Gasteiger charge is -2.34. The second-order valence-electron chi connectivity index (χ2n) is 8.04. The van der Waals surface area contributed by atoms with Gasteiger partial charge in [-0.25, -0.2) is 8.42 Å². The Labute approximate surface area is 177 Å². The van der Waals surface area contributed by atoms with Crippen LogP contribution in [0.2, 0.25) is 0 Å². The second kappa shape index (κ2) is 9.59. The Hall–Kier alpha value is -2.42. The fraction of sp³-hybridized carbons (Fsp3) is 0.571. The van der Waals surface area contributed by atoms with E-state index in [1.807, 2.05) is 0 Å². The van der Waals surface area contributed by atoms with Crippen LogP contribution in [-0.4, -0.2) is 45.3 Å². The maximum atomic E-state index is 12.1. The van der Waals surface area contributed by atoms with E-state index >= 15 is 0 Å². The monoisotopic (exact) mass is 435 g/mol. The van der Waals surface area contributed by atoms with Crippen LogP contribution >= 0.6 is 0 Å². The lowest BCUT2D eigenvalue weighted by molar-refractivity contribution is -0.149. The molecule has 30 heavy (non-hydrogen) atoms. The zero-order valence-electron chi connectivity index (χ0n) is 17.4. The highest BCUT2D eigenvalue weighted by atomic mass is 32.2. The van der Waals surface area contributed by atoms with Crippen LogP contribution in [0.25, 0.3) is 0 Å². The lowest BCUT2D eigenvalue weighted by atomic mass is 9.78. The average Bonchev–Trinajstić information content (AvgIpc) is 2.98. The third-order valence-electron chi connectivity index (χ3n) is 5.89. The van der Waals surface area contributed by atoms with E-state index in [0.29, 0.717) is 23.8 Å². The summed E-state index contributed by atoms with van der Waals surface area (Å²) in [6, 6.07) is 6.74. The topological polar surface area (TPSA) is 114 Å². The maximum Gasteiger partial charge on any atom is 0.306 e. The Balaban J connectivity index is 1.39. The molecule has 0 spiro atoms. The Bertz CT molecular complexity index is 928. The van der Waals surface area contributed by atoms with Crippen LogP contribution in [0.15, 0.2) is 34.2 Å². The summed E-state index contributed by atoms with van der Waals surface area (Å²) < 4.78 is 31.5. The van der Waals surface area contributed by atoms with Gasteiger partial charge in [-0.15, -0.1) is 0 Å². The molecule has 9 heteroatoms. The lowest BCUT2D eigenvalue weighted by Crippen LogP contribution is -2.45. The van der Waals surface area contributed by atoms with Crippen molar-refractivity contribution in [2.45, 2.75) is 56.9 Å². The van der Waals surface area contributed by atoms with Crippen molar-refractivity contribution >= 4 is 27.7 Å². The number of hydrogen-bond acceptors (Lipinski definition) is 6. The zero-order chi connectivity index (χ0) is 21.7. The van der Waals surface area contributed by atoms with Crippen LogP contribution in [0, 0.1) is 11.8 Å². The molecule has 1 amide bonds. The minimum Gasteiger partial charge on any atom is -0.456 e. The number of aliphatic imine (C=N–C) groups is 1. The zero-order valence-corrected chi connectivity index (χ0v) is 18.2. The molecule has 0 aromatic heterocycles. The number of ether oxygens (including phenoxy) is 1. The molecule has 1 aliphatic carbocycles. The van der Waals surface area contributed by atoms with Gasteiger partial charge in [0.25, 0.3) is 15.9 Å². The van der Waals surface area contributed by atoms with Crippen LogP contribution in [0.3, 0.4) is 0 Å². The van der Waals surface area contributed by atoms with Crippen molar-refractivity contribution < 1.29 is 22.7 Å². The molecule has 1 aromatic rings. The van der Waals surface area contributed by atoms with E-state index in [1.54, 1.807) is 18.2 Å². The van der Waals surface area contributed by atoms with Crippen molar-refractivity contribution in [2.24, 2.45) is 16.8 Å². The fourth-order valence-electron chi connectivity index (χ4n) is 3.92. The van der Waals surface area contributed by atoms with E-state index < -0.39 is 16.0 Å². The number of benzene rings is 1. The number of carbonyl (C=O) groups excluding carboxylic acids is 2. The van der Waals surface area contributed by atoms with Crippen molar-refractivity contribution in [2.75, 3.05) is 13.2 Å². The Morgan fingerprint density at radius 2 is 2.00 bits per heavy atom. The number of fused-ring (bicyclic) bond motifs is 1. The maximum absolute atomic E-state index is 12.1. The number of amidine groups is 1. The largest absolute Gasteiger partial charge is 0.456 e. The van der Waals surface area contributed by atoms with Crippen molar-refractivity contribution in [3.63, 3.8) is 0 Å². The summed E-state index contributed by atoms with van der Waals surface area (Å²) in [5, 5.41) is 2.97. The van der Waals surface area contributed by atoms with Gasteiger partial charge in [0, 0.05) is 24.6 Å². The summed E-state index contributed by atoms with van der Waals surface area (Å²) in [5.74, 6) is 0.531. The predicted octanol–water partition coefficient (Wildman–Crippen LogP) is 1.99. The number of hydrogen-bond donors (Lipinski definition) is 2. The molecular weight excluding hydrogens is 406 g/mol. The smallest absolute Gasteiger partial charge is 0.306 e. The van der Waals surface area contributed by atoms with Crippen molar-refractivity contribution in [3.05, 3.63) is 29.8 Å². The normalized spacial score (nSPS) is 25.9. The first-order chi connectivity index (χ1) is 14.3. The van der Waals surface area contributed by atoms with Gasteiger partial charge in [0.1, 0.15) is 5.84 Å². The molecule has 3 unspecified atom stereocenters. The third kappa shape index (κ3) is 5.38. The quantitative estimate of drug-likeness (QED) is 0.502. The molecule has 1 saturated carbocycles. The van der Waals surface area contributed by atoms with Gasteiger partial charge in [0.15, 0.2) is 6.61 Å². The third-order valence-corrected chi connectivity index (χ3v) is 7.29. The van der Waals surface area contributed by atoms with E-state index in [1.165, 1.54) is 12.5 Å².